The van der Waals surface area contributed by atoms with Crippen LogP contribution in [0.15, 0.2) is 27.6 Å². The van der Waals surface area contributed by atoms with Crippen LogP contribution in [0.5, 0.6) is 0 Å². The zero-order chi connectivity index (χ0) is 22.9. The Morgan fingerprint density at radius 1 is 1.12 bits per heavy atom. The van der Waals surface area contributed by atoms with Gasteiger partial charge >= 0.3 is 11.6 Å². The molecule has 1 aromatic heterocycles. The minimum Gasteiger partial charge on any atom is -0.462 e. The monoisotopic (exact) mass is 444 g/mol. The van der Waals surface area contributed by atoms with Crippen molar-refractivity contribution in [2.24, 2.45) is 28.6 Å². The van der Waals surface area contributed by atoms with Gasteiger partial charge in [-0.15, -0.1) is 0 Å². The van der Waals surface area contributed by atoms with Gasteiger partial charge in [0.1, 0.15) is 6.10 Å². The van der Waals surface area contributed by atoms with Crippen molar-refractivity contribution in [3.8, 4) is 0 Å². The van der Waals surface area contributed by atoms with Gasteiger partial charge in [-0.1, -0.05) is 13.8 Å². The lowest BCUT2D eigenvalue weighted by atomic mass is 9.43. The van der Waals surface area contributed by atoms with Crippen molar-refractivity contribution in [2.45, 2.75) is 95.9 Å². The summed E-state index contributed by atoms with van der Waals surface area (Å²) in [5.41, 5.74) is -0.903. The lowest BCUT2D eigenvalue weighted by molar-refractivity contribution is -0.205. The number of aliphatic hydroxyl groups excluding tert-OH is 1. The summed E-state index contributed by atoms with van der Waals surface area (Å²) in [7, 11) is 0. The molecule has 6 heteroatoms. The number of fused-ring (bicyclic) bond motifs is 5. The fourth-order valence-corrected chi connectivity index (χ4v) is 8.67. The summed E-state index contributed by atoms with van der Waals surface area (Å²) < 4.78 is 11.0. The number of hydrogen-bond acceptors (Lipinski definition) is 6. The Morgan fingerprint density at radius 3 is 2.59 bits per heavy atom. The van der Waals surface area contributed by atoms with E-state index in [1.54, 1.807) is 6.07 Å². The van der Waals surface area contributed by atoms with Gasteiger partial charge in [0.25, 0.3) is 0 Å². The number of esters is 1. The highest BCUT2D eigenvalue weighted by molar-refractivity contribution is 5.66. The van der Waals surface area contributed by atoms with Crippen molar-refractivity contribution in [1.29, 1.82) is 0 Å². The fraction of sp³-hybridized carbons (Fsp3) is 0.769. The molecule has 0 aromatic carbocycles. The predicted octanol–water partition coefficient (Wildman–Crippen LogP) is 3.78. The SMILES string of the molecule is CC(=O)O[C@@H]1C[C@@]2(O)[C@H]3CC[C@H]4C[C@H](O)CC[C@@]4(C)[C@@H]3CC[C@@]2(C)[C@@H]1c1ccc(=O)oc1. The van der Waals surface area contributed by atoms with E-state index in [0.29, 0.717) is 18.3 Å². The Labute approximate surface area is 189 Å². The lowest BCUT2D eigenvalue weighted by Crippen LogP contribution is -2.62. The van der Waals surface area contributed by atoms with Crippen molar-refractivity contribution in [1.82, 2.24) is 0 Å². The first-order chi connectivity index (χ1) is 15.1. The van der Waals surface area contributed by atoms with Crippen LogP contribution in [0.25, 0.3) is 0 Å². The van der Waals surface area contributed by atoms with Gasteiger partial charge in [-0.3, -0.25) is 4.79 Å². The summed E-state index contributed by atoms with van der Waals surface area (Å²) in [6.07, 6.45) is 7.78. The Kier molecular flexibility index (Phi) is 5.14. The zero-order valence-corrected chi connectivity index (χ0v) is 19.4. The average molecular weight is 445 g/mol. The Hall–Kier alpha value is -1.66. The van der Waals surface area contributed by atoms with E-state index in [1.807, 2.05) is 0 Å². The highest BCUT2D eigenvalue weighted by Crippen LogP contribution is 2.70. The number of carbonyl (C=O) groups is 1. The maximum atomic E-state index is 12.5. The van der Waals surface area contributed by atoms with E-state index < -0.39 is 22.7 Å². The van der Waals surface area contributed by atoms with E-state index in [2.05, 4.69) is 13.8 Å². The second kappa shape index (κ2) is 7.42. The van der Waals surface area contributed by atoms with Crippen LogP contribution in [0.2, 0.25) is 0 Å². The summed E-state index contributed by atoms with van der Waals surface area (Å²) in [6.45, 7) is 5.94. The molecule has 4 aliphatic rings. The molecular weight excluding hydrogens is 408 g/mol. The summed E-state index contributed by atoms with van der Waals surface area (Å²) in [5.74, 6) is 0.469. The van der Waals surface area contributed by atoms with E-state index in [4.69, 9.17) is 9.15 Å². The number of hydrogen-bond donors (Lipinski definition) is 2. The first kappa shape index (κ1) is 22.1. The van der Waals surface area contributed by atoms with Crippen molar-refractivity contribution >= 4 is 5.97 Å². The van der Waals surface area contributed by atoms with E-state index >= 15 is 0 Å². The molecule has 32 heavy (non-hydrogen) atoms. The topological polar surface area (TPSA) is 97.0 Å². The third-order valence-electron chi connectivity index (χ3n) is 10.2. The van der Waals surface area contributed by atoms with Crippen LogP contribution >= 0.6 is 0 Å². The number of rotatable bonds is 2. The maximum Gasteiger partial charge on any atom is 0.335 e. The third-order valence-corrected chi connectivity index (χ3v) is 10.2. The molecule has 4 aliphatic carbocycles. The molecule has 0 amide bonds. The Bertz CT molecular complexity index is 935. The molecule has 0 saturated heterocycles. The van der Waals surface area contributed by atoms with Crippen LogP contribution < -0.4 is 5.63 Å². The second-order valence-electron chi connectivity index (χ2n) is 11.5. The van der Waals surface area contributed by atoms with Gasteiger partial charge in [-0.05, 0) is 79.7 Å². The van der Waals surface area contributed by atoms with Gasteiger partial charge < -0.3 is 19.4 Å². The van der Waals surface area contributed by atoms with Crippen LogP contribution in [0.1, 0.15) is 83.6 Å². The molecule has 5 rings (SSSR count). The minimum absolute atomic E-state index is 0.133. The Balaban J connectivity index is 1.55. The van der Waals surface area contributed by atoms with Crippen molar-refractivity contribution < 1.29 is 24.2 Å². The van der Waals surface area contributed by atoms with Crippen molar-refractivity contribution in [3.05, 3.63) is 34.4 Å². The third kappa shape index (κ3) is 3.05. The molecule has 0 bridgehead atoms. The fourth-order valence-electron chi connectivity index (χ4n) is 8.67. The molecule has 4 saturated carbocycles. The van der Waals surface area contributed by atoms with Gasteiger partial charge in [0.15, 0.2) is 0 Å². The van der Waals surface area contributed by atoms with E-state index in [9.17, 15) is 19.8 Å². The van der Waals surface area contributed by atoms with Gasteiger partial charge in [0.05, 0.1) is 18.0 Å². The highest BCUT2D eigenvalue weighted by Gasteiger charge is 2.70. The molecule has 2 N–H and O–H groups in total. The molecule has 4 fully saturated rings. The summed E-state index contributed by atoms with van der Waals surface area (Å²) in [5, 5.41) is 22.7. The van der Waals surface area contributed by atoms with Gasteiger partial charge in [0, 0.05) is 30.7 Å². The molecule has 0 aliphatic heterocycles. The molecule has 1 heterocycles. The summed E-state index contributed by atoms with van der Waals surface area (Å²) >= 11 is 0. The van der Waals surface area contributed by atoms with Crippen LogP contribution in [-0.2, 0) is 9.53 Å². The van der Waals surface area contributed by atoms with Crippen LogP contribution in [0.4, 0.5) is 0 Å². The van der Waals surface area contributed by atoms with Gasteiger partial charge in [-0.25, -0.2) is 4.79 Å². The molecule has 176 valence electrons. The number of ether oxygens (including phenoxy) is 1. The van der Waals surface area contributed by atoms with E-state index in [1.165, 1.54) is 19.3 Å². The first-order valence-electron chi connectivity index (χ1n) is 12.2. The standard InChI is InChI=1S/C26H36O6/c1-15(27)32-21-13-26(30)20-6-5-17-12-18(28)8-10-24(17,2)19(20)9-11-25(26,3)23(21)16-4-7-22(29)31-14-16/h4,7,14,17-21,23,28,30H,5-6,8-13H2,1-3H3/t17-,18+,19+,20-,21+,23+,24+,25-,26+/m0/s1. The minimum atomic E-state index is -0.957. The number of aliphatic hydroxyl groups is 2. The molecule has 0 radical (unpaired) electrons. The summed E-state index contributed by atoms with van der Waals surface area (Å²) in [4.78, 5) is 23.6. The average Bonchev–Trinajstić information content (AvgIpc) is 2.95. The Morgan fingerprint density at radius 2 is 1.91 bits per heavy atom. The molecule has 0 unspecified atom stereocenters. The van der Waals surface area contributed by atoms with E-state index in [-0.39, 0.29) is 29.3 Å². The van der Waals surface area contributed by atoms with Gasteiger partial charge in [-0.2, -0.15) is 0 Å². The molecule has 6 nitrogen and oxygen atoms in total. The largest absolute Gasteiger partial charge is 0.462 e. The first-order valence-corrected chi connectivity index (χ1v) is 12.2. The van der Waals surface area contributed by atoms with Crippen LogP contribution in [0, 0.1) is 28.6 Å². The van der Waals surface area contributed by atoms with Crippen molar-refractivity contribution in [3.63, 3.8) is 0 Å². The maximum absolute atomic E-state index is 12.5. The van der Waals surface area contributed by atoms with Crippen LogP contribution in [0.3, 0.4) is 0 Å². The van der Waals surface area contributed by atoms with Crippen LogP contribution in [-0.4, -0.2) is 34.0 Å². The normalized spacial score (nSPS) is 47.8. The molecule has 1 aromatic rings. The highest BCUT2D eigenvalue weighted by atomic mass is 16.5. The summed E-state index contributed by atoms with van der Waals surface area (Å²) in [6, 6.07) is 3.17. The van der Waals surface area contributed by atoms with E-state index in [0.717, 1.165) is 50.5 Å². The lowest BCUT2D eigenvalue weighted by Gasteiger charge is -2.63. The molecular formula is C26H36O6. The predicted molar refractivity (Wildman–Crippen MR) is 118 cm³/mol. The second-order valence-corrected chi connectivity index (χ2v) is 11.5. The quantitative estimate of drug-likeness (QED) is 0.674. The number of carbonyl (C=O) groups excluding carboxylic acids is 1. The molecule has 0 spiro atoms. The molecule has 9 atom stereocenters. The van der Waals surface area contributed by atoms with Crippen molar-refractivity contribution in [2.75, 3.05) is 0 Å². The smallest absolute Gasteiger partial charge is 0.335 e. The zero-order valence-electron chi connectivity index (χ0n) is 19.4. The van der Waals surface area contributed by atoms with Gasteiger partial charge in [0.2, 0.25) is 0 Å².